The summed E-state index contributed by atoms with van der Waals surface area (Å²) in [6.45, 7) is 0. The highest BCUT2D eigenvalue weighted by molar-refractivity contribution is 9.10. The van der Waals surface area contributed by atoms with Crippen LogP contribution in [0, 0.1) is 5.82 Å². The Balaban J connectivity index is 2.59. The van der Waals surface area contributed by atoms with Crippen LogP contribution in [0.4, 0.5) is 4.39 Å². The van der Waals surface area contributed by atoms with Crippen molar-refractivity contribution >= 4 is 39.3 Å². The van der Waals surface area contributed by atoms with E-state index in [1.807, 2.05) is 0 Å². The van der Waals surface area contributed by atoms with Crippen molar-refractivity contribution in [3.05, 3.63) is 34.1 Å². The summed E-state index contributed by atoms with van der Waals surface area (Å²) in [5, 5.41) is 0. The maximum atomic E-state index is 13.1. The van der Waals surface area contributed by atoms with Crippen molar-refractivity contribution in [3.63, 3.8) is 0 Å². The van der Waals surface area contributed by atoms with E-state index in [9.17, 15) is 4.39 Å². The SMILES string of the molecule is Fc1ccc(Br)cc1CSCCCl. The van der Waals surface area contributed by atoms with E-state index in [0.717, 1.165) is 15.8 Å². The average Bonchev–Trinajstić information content (AvgIpc) is 2.11. The highest BCUT2D eigenvalue weighted by Gasteiger charge is 2.02. The molecule has 0 aromatic heterocycles. The minimum atomic E-state index is -0.148. The van der Waals surface area contributed by atoms with Gasteiger partial charge in [0, 0.05) is 21.9 Å². The molecule has 0 unspecified atom stereocenters. The topological polar surface area (TPSA) is 0 Å². The van der Waals surface area contributed by atoms with Gasteiger partial charge in [0.1, 0.15) is 5.82 Å². The van der Waals surface area contributed by atoms with Crippen LogP contribution in [-0.4, -0.2) is 11.6 Å². The fourth-order valence-electron chi connectivity index (χ4n) is 0.891. The molecule has 13 heavy (non-hydrogen) atoms. The molecule has 1 rings (SSSR count). The van der Waals surface area contributed by atoms with Crippen molar-refractivity contribution in [2.75, 3.05) is 11.6 Å². The first-order valence-electron chi connectivity index (χ1n) is 3.81. The van der Waals surface area contributed by atoms with Crippen molar-refractivity contribution < 1.29 is 4.39 Å². The van der Waals surface area contributed by atoms with Crippen LogP contribution < -0.4 is 0 Å². The Hall–Kier alpha value is 0.270. The summed E-state index contributed by atoms with van der Waals surface area (Å²) >= 11 is 10.5. The van der Waals surface area contributed by atoms with Crippen molar-refractivity contribution in [2.45, 2.75) is 5.75 Å². The molecule has 72 valence electrons. The van der Waals surface area contributed by atoms with Crippen LogP contribution >= 0.6 is 39.3 Å². The molecule has 0 atom stereocenters. The Kier molecular flexibility index (Phi) is 5.14. The van der Waals surface area contributed by atoms with Gasteiger partial charge in [-0.15, -0.1) is 11.6 Å². The molecule has 0 spiro atoms. The molecule has 1 aromatic carbocycles. The third kappa shape index (κ3) is 3.88. The Morgan fingerprint density at radius 3 is 2.92 bits per heavy atom. The summed E-state index contributed by atoms with van der Waals surface area (Å²) in [5.41, 5.74) is 0.726. The molecule has 0 nitrogen and oxygen atoms in total. The van der Waals surface area contributed by atoms with Gasteiger partial charge in [0.25, 0.3) is 0 Å². The van der Waals surface area contributed by atoms with Gasteiger partial charge in [0.05, 0.1) is 0 Å². The first-order valence-corrected chi connectivity index (χ1v) is 6.30. The van der Waals surface area contributed by atoms with Crippen LogP contribution in [-0.2, 0) is 5.75 Å². The van der Waals surface area contributed by atoms with Crippen LogP contribution in [0.3, 0.4) is 0 Å². The molecule has 0 bridgehead atoms. The Morgan fingerprint density at radius 1 is 1.46 bits per heavy atom. The lowest BCUT2D eigenvalue weighted by molar-refractivity contribution is 0.617. The molecule has 0 saturated heterocycles. The Labute approximate surface area is 95.0 Å². The third-order valence-electron chi connectivity index (χ3n) is 1.49. The molecule has 4 heteroatoms. The maximum absolute atomic E-state index is 13.1. The predicted molar refractivity (Wildman–Crippen MR) is 61.0 cm³/mol. The van der Waals surface area contributed by atoms with Crippen LogP contribution in [0.5, 0.6) is 0 Å². The number of hydrogen-bond acceptors (Lipinski definition) is 1. The lowest BCUT2D eigenvalue weighted by Crippen LogP contribution is -1.89. The fraction of sp³-hybridized carbons (Fsp3) is 0.333. The zero-order chi connectivity index (χ0) is 9.68. The van der Waals surface area contributed by atoms with Gasteiger partial charge in [0.2, 0.25) is 0 Å². The van der Waals surface area contributed by atoms with Crippen LogP contribution in [0.15, 0.2) is 22.7 Å². The molecular formula is C9H9BrClFS. The largest absolute Gasteiger partial charge is 0.207 e. The van der Waals surface area contributed by atoms with E-state index < -0.39 is 0 Å². The molecule has 1 aromatic rings. The molecule has 0 aliphatic heterocycles. The van der Waals surface area contributed by atoms with Gasteiger partial charge in [-0.05, 0) is 23.8 Å². The monoisotopic (exact) mass is 282 g/mol. The fourth-order valence-corrected chi connectivity index (χ4v) is 2.32. The number of halogens is 3. The summed E-state index contributed by atoms with van der Waals surface area (Å²) < 4.78 is 14.0. The van der Waals surface area contributed by atoms with Crippen LogP contribution in [0.25, 0.3) is 0 Å². The Bertz CT molecular complexity index is 280. The average molecular weight is 284 g/mol. The first kappa shape index (κ1) is 11.3. The molecule has 0 fully saturated rings. The Morgan fingerprint density at radius 2 is 2.23 bits per heavy atom. The van der Waals surface area contributed by atoms with E-state index >= 15 is 0 Å². The third-order valence-corrected chi connectivity index (χ3v) is 3.40. The molecule has 0 aliphatic carbocycles. The quantitative estimate of drug-likeness (QED) is 0.593. The van der Waals surface area contributed by atoms with Gasteiger partial charge in [-0.2, -0.15) is 11.8 Å². The highest BCUT2D eigenvalue weighted by Crippen LogP contribution is 2.20. The molecule has 0 amide bonds. The first-order chi connectivity index (χ1) is 6.24. The minimum Gasteiger partial charge on any atom is -0.207 e. The number of rotatable bonds is 4. The molecule has 0 aliphatic rings. The van der Waals surface area contributed by atoms with Crippen LogP contribution in [0.2, 0.25) is 0 Å². The molecule has 0 N–H and O–H groups in total. The highest BCUT2D eigenvalue weighted by atomic mass is 79.9. The van der Waals surface area contributed by atoms with E-state index in [1.54, 1.807) is 23.9 Å². The molecular weight excluding hydrogens is 275 g/mol. The summed E-state index contributed by atoms with van der Waals surface area (Å²) in [4.78, 5) is 0. The van der Waals surface area contributed by atoms with E-state index in [-0.39, 0.29) is 5.82 Å². The number of benzene rings is 1. The normalized spacial score (nSPS) is 10.4. The maximum Gasteiger partial charge on any atom is 0.127 e. The van der Waals surface area contributed by atoms with Gasteiger partial charge in [-0.25, -0.2) is 4.39 Å². The van der Waals surface area contributed by atoms with Gasteiger partial charge in [0.15, 0.2) is 0 Å². The smallest absolute Gasteiger partial charge is 0.127 e. The van der Waals surface area contributed by atoms with Crippen molar-refractivity contribution in [2.24, 2.45) is 0 Å². The van der Waals surface area contributed by atoms with Crippen molar-refractivity contribution in [1.29, 1.82) is 0 Å². The van der Waals surface area contributed by atoms with Gasteiger partial charge >= 0.3 is 0 Å². The minimum absolute atomic E-state index is 0.148. The van der Waals surface area contributed by atoms with Crippen molar-refractivity contribution in [1.82, 2.24) is 0 Å². The second-order valence-corrected chi connectivity index (χ2v) is 4.88. The zero-order valence-electron chi connectivity index (χ0n) is 6.90. The standard InChI is InChI=1S/C9H9BrClFS/c10-8-1-2-9(12)7(5-8)6-13-4-3-11/h1-2,5H,3-4,6H2. The van der Waals surface area contributed by atoms with Gasteiger partial charge in [-0.3, -0.25) is 0 Å². The van der Waals surface area contributed by atoms with E-state index in [4.69, 9.17) is 11.6 Å². The van der Waals surface area contributed by atoms with Crippen molar-refractivity contribution in [3.8, 4) is 0 Å². The lowest BCUT2D eigenvalue weighted by Gasteiger charge is -2.02. The molecule has 0 heterocycles. The summed E-state index contributed by atoms with van der Waals surface area (Å²) in [7, 11) is 0. The number of thioether (sulfide) groups is 1. The molecule has 0 radical (unpaired) electrons. The zero-order valence-corrected chi connectivity index (χ0v) is 10.1. The summed E-state index contributed by atoms with van der Waals surface area (Å²) in [6.07, 6.45) is 0. The second-order valence-electron chi connectivity index (χ2n) is 2.48. The van der Waals surface area contributed by atoms with Gasteiger partial charge < -0.3 is 0 Å². The van der Waals surface area contributed by atoms with Gasteiger partial charge in [-0.1, -0.05) is 15.9 Å². The van der Waals surface area contributed by atoms with E-state index in [1.165, 1.54) is 6.07 Å². The summed E-state index contributed by atoms with van der Waals surface area (Å²) in [6, 6.07) is 4.97. The second kappa shape index (κ2) is 5.89. The van der Waals surface area contributed by atoms with Crippen LogP contribution in [0.1, 0.15) is 5.56 Å². The van der Waals surface area contributed by atoms with E-state index in [2.05, 4.69) is 15.9 Å². The summed E-state index contributed by atoms with van der Waals surface area (Å²) in [5.74, 6) is 2.00. The lowest BCUT2D eigenvalue weighted by atomic mass is 10.2. The number of hydrogen-bond donors (Lipinski definition) is 0. The predicted octanol–water partition coefficient (Wildman–Crippen LogP) is 4.06. The van der Waals surface area contributed by atoms with E-state index in [0.29, 0.717) is 11.6 Å². The number of alkyl halides is 1. The molecule has 0 saturated carbocycles.